The molecule has 8 heteroatoms. The van der Waals surface area contributed by atoms with Crippen molar-refractivity contribution in [2.45, 2.75) is 38.3 Å². The van der Waals surface area contributed by atoms with Crippen LogP contribution in [0.25, 0.3) is 10.9 Å². The third-order valence-electron chi connectivity index (χ3n) is 5.02. The minimum absolute atomic E-state index is 0. The number of amides is 1. The fourth-order valence-corrected chi connectivity index (χ4v) is 3.49. The van der Waals surface area contributed by atoms with Crippen molar-refractivity contribution in [3.05, 3.63) is 40.4 Å². The summed E-state index contributed by atoms with van der Waals surface area (Å²) in [6, 6.07) is 7.26. The van der Waals surface area contributed by atoms with Gasteiger partial charge in [-0.15, -0.1) is 12.4 Å². The van der Waals surface area contributed by atoms with Gasteiger partial charge >= 0.3 is 0 Å². The van der Waals surface area contributed by atoms with Crippen LogP contribution in [0.2, 0.25) is 0 Å². The number of fused-ring (bicyclic) bond motifs is 1. The summed E-state index contributed by atoms with van der Waals surface area (Å²) in [7, 11) is 1.49. The van der Waals surface area contributed by atoms with E-state index < -0.39 is 5.60 Å². The highest BCUT2D eigenvalue weighted by molar-refractivity contribution is 5.85. The van der Waals surface area contributed by atoms with Crippen molar-refractivity contribution in [2.24, 2.45) is 0 Å². The van der Waals surface area contributed by atoms with E-state index in [-0.39, 0.29) is 37.0 Å². The first-order valence-corrected chi connectivity index (χ1v) is 8.95. The quantitative estimate of drug-likeness (QED) is 0.826. The first-order chi connectivity index (χ1) is 12.5. The second kappa shape index (κ2) is 8.82. The van der Waals surface area contributed by atoms with Crippen LogP contribution in [-0.4, -0.2) is 57.9 Å². The third-order valence-corrected chi connectivity index (χ3v) is 5.02. The zero-order valence-electron chi connectivity index (χ0n) is 15.7. The SMILES string of the molecule is CCc1nc2ccccc2c(=O)n1CC1(O)CCN(C(=O)COC)CC1.Cl. The molecule has 148 valence electrons. The van der Waals surface area contributed by atoms with Gasteiger partial charge in [-0.25, -0.2) is 4.98 Å². The van der Waals surface area contributed by atoms with Crippen molar-refractivity contribution in [2.75, 3.05) is 26.8 Å². The molecule has 0 atom stereocenters. The van der Waals surface area contributed by atoms with E-state index in [1.807, 2.05) is 25.1 Å². The summed E-state index contributed by atoms with van der Waals surface area (Å²) < 4.78 is 6.48. The Kier molecular flexibility index (Phi) is 6.97. The number of aliphatic hydroxyl groups is 1. The molecule has 0 bridgehead atoms. The summed E-state index contributed by atoms with van der Waals surface area (Å²) in [5.41, 5.74) is -0.474. The second-order valence-electron chi connectivity index (χ2n) is 6.83. The van der Waals surface area contributed by atoms with E-state index in [1.54, 1.807) is 15.5 Å². The molecule has 0 saturated carbocycles. The van der Waals surface area contributed by atoms with Crippen LogP contribution in [0.5, 0.6) is 0 Å². The van der Waals surface area contributed by atoms with Crippen LogP contribution in [0.3, 0.4) is 0 Å². The van der Waals surface area contributed by atoms with Crippen LogP contribution in [-0.2, 0) is 22.5 Å². The summed E-state index contributed by atoms with van der Waals surface area (Å²) >= 11 is 0. The molecule has 0 spiro atoms. The summed E-state index contributed by atoms with van der Waals surface area (Å²) in [5, 5.41) is 11.6. The molecule has 2 heterocycles. The Morgan fingerprint density at radius 3 is 2.59 bits per heavy atom. The molecule has 1 aliphatic rings. The van der Waals surface area contributed by atoms with Crippen LogP contribution >= 0.6 is 12.4 Å². The van der Waals surface area contributed by atoms with E-state index in [2.05, 4.69) is 4.98 Å². The highest BCUT2D eigenvalue weighted by atomic mass is 35.5. The number of methoxy groups -OCH3 is 1. The number of hydrogen-bond donors (Lipinski definition) is 1. The minimum atomic E-state index is -1.03. The number of piperidine rings is 1. The lowest BCUT2D eigenvalue weighted by molar-refractivity contribution is -0.139. The fraction of sp³-hybridized carbons (Fsp3) is 0.526. The number of para-hydroxylation sites is 1. The molecule has 1 N–H and O–H groups in total. The number of aromatic nitrogens is 2. The molecular formula is C19H26ClN3O4. The van der Waals surface area contributed by atoms with Crippen molar-refractivity contribution in [1.29, 1.82) is 0 Å². The molecule has 0 aliphatic carbocycles. The normalized spacial score (nSPS) is 16.2. The maximum absolute atomic E-state index is 12.9. The first-order valence-electron chi connectivity index (χ1n) is 8.95. The monoisotopic (exact) mass is 395 g/mol. The highest BCUT2D eigenvalue weighted by Gasteiger charge is 2.35. The van der Waals surface area contributed by atoms with E-state index in [1.165, 1.54) is 7.11 Å². The van der Waals surface area contributed by atoms with Crippen molar-refractivity contribution >= 4 is 29.2 Å². The Morgan fingerprint density at radius 1 is 1.30 bits per heavy atom. The lowest BCUT2D eigenvalue weighted by Crippen LogP contribution is -2.50. The van der Waals surface area contributed by atoms with E-state index >= 15 is 0 Å². The number of likely N-dealkylation sites (tertiary alicyclic amines) is 1. The average molecular weight is 396 g/mol. The molecule has 1 aliphatic heterocycles. The number of aryl methyl sites for hydroxylation is 1. The van der Waals surface area contributed by atoms with Crippen LogP contribution in [0.4, 0.5) is 0 Å². The lowest BCUT2D eigenvalue weighted by Gasteiger charge is -2.38. The molecular weight excluding hydrogens is 370 g/mol. The van der Waals surface area contributed by atoms with Gasteiger partial charge in [0.25, 0.3) is 5.56 Å². The number of benzene rings is 1. The topological polar surface area (TPSA) is 84.7 Å². The number of carbonyl (C=O) groups excluding carboxylic acids is 1. The summed E-state index contributed by atoms with van der Waals surface area (Å²) in [6.07, 6.45) is 1.45. The molecule has 2 aromatic rings. The molecule has 1 fully saturated rings. The van der Waals surface area contributed by atoms with Gasteiger partial charge in [-0.2, -0.15) is 0 Å². The zero-order chi connectivity index (χ0) is 18.7. The van der Waals surface area contributed by atoms with E-state index in [4.69, 9.17) is 4.74 Å². The van der Waals surface area contributed by atoms with E-state index in [0.29, 0.717) is 49.1 Å². The van der Waals surface area contributed by atoms with Crippen molar-refractivity contribution < 1.29 is 14.6 Å². The average Bonchev–Trinajstić information content (AvgIpc) is 2.64. The van der Waals surface area contributed by atoms with Gasteiger partial charge in [-0.3, -0.25) is 14.2 Å². The Labute approximate surface area is 164 Å². The molecule has 3 rings (SSSR count). The minimum Gasteiger partial charge on any atom is -0.388 e. The standard InChI is InChI=1S/C19H25N3O4.ClH/c1-3-16-20-15-7-5-4-6-14(15)18(24)22(16)13-19(25)8-10-21(11-9-19)17(23)12-26-2;/h4-7,25H,3,8-13H2,1-2H3;1H. The molecule has 1 aromatic heterocycles. The van der Waals surface area contributed by atoms with Gasteiger partial charge in [0.05, 0.1) is 23.0 Å². The zero-order valence-corrected chi connectivity index (χ0v) is 16.5. The second-order valence-corrected chi connectivity index (χ2v) is 6.83. The maximum atomic E-state index is 12.9. The Bertz CT molecular complexity index is 860. The molecule has 0 unspecified atom stereocenters. The van der Waals surface area contributed by atoms with Gasteiger partial charge in [-0.1, -0.05) is 19.1 Å². The Balaban J connectivity index is 0.00000261. The number of hydrogen-bond acceptors (Lipinski definition) is 5. The van der Waals surface area contributed by atoms with Crippen LogP contribution in [0.15, 0.2) is 29.1 Å². The van der Waals surface area contributed by atoms with Gasteiger partial charge in [0.2, 0.25) is 5.91 Å². The van der Waals surface area contributed by atoms with Crippen LogP contribution < -0.4 is 5.56 Å². The number of nitrogens with zero attached hydrogens (tertiary/aromatic N) is 3. The van der Waals surface area contributed by atoms with Crippen molar-refractivity contribution in [1.82, 2.24) is 14.5 Å². The fourth-order valence-electron chi connectivity index (χ4n) is 3.49. The number of halogens is 1. The largest absolute Gasteiger partial charge is 0.388 e. The summed E-state index contributed by atoms with van der Waals surface area (Å²) in [6.45, 7) is 3.10. The van der Waals surface area contributed by atoms with Gasteiger partial charge in [0, 0.05) is 26.6 Å². The van der Waals surface area contributed by atoms with Gasteiger partial charge in [0.1, 0.15) is 12.4 Å². The maximum Gasteiger partial charge on any atom is 0.261 e. The Morgan fingerprint density at radius 2 is 1.96 bits per heavy atom. The number of ether oxygens (including phenoxy) is 1. The number of carbonyl (C=O) groups is 1. The van der Waals surface area contributed by atoms with E-state index in [0.717, 1.165) is 0 Å². The third kappa shape index (κ3) is 4.48. The van der Waals surface area contributed by atoms with Gasteiger partial charge in [0.15, 0.2) is 0 Å². The van der Waals surface area contributed by atoms with Crippen molar-refractivity contribution in [3.8, 4) is 0 Å². The molecule has 27 heavy (non-hydrogen) atoms. The smallest absolute Gasteiger partial charge is 0.261 e. The number of rotatable bonds is 5. The molecule has 1 amide bonds. The van der Waals surface area contributed by atoms with E-state index in [9.17, 15) is 14.7 Å². The predicted molar refractivity (Wildman–Crippen MR) is 105 cm³/mol. The van der Waals surface area contributed by atoms with Gasteiger partial charge in [-0.05, 0) is 25.0 Å². The molecule has 7 nitrogen and oxygen atoms in total. The summed E-state index contributed by atoms with van der Waals surface area (Å²) in [4.78, 5) is 31.1. The molecule has 0 radical (unpaired) electrons. The lowest BCUT2D eigenvalue weighted by atomic mass is 9.91. The predicted octanol–water partition coefficient (Wildman–Crippen LogP) is 1.38. The van der Waals surface area contributed by atoms with Crippen LogP contribution in [0.1, 0.15) is 25.6 Å². The molecule has 1 aromatic carbocycles. The van der Waals surface area contributed by atoms with Crippen molar-refractivity contribution in [3.63, 3.8) is 0 Å². The molecule has 1 saturated heterocycles. The Hall–Kier alpha value is -1.96. The highest BCUT2D eigenvalue weighted by Crippen LogP contribution is 2.24. The van der Waals surface area contributed by atoms with Gasteiger partial charge < -0.3 is 14.7 Å². The van der Waals surface area contributed by atoms with Crippen LogP contribution in [0, 0.1) is 0 Å². The first kappa shape index (κ1) is 21.3. The summed E-state index contributed by atoms with van der Waals surface area (Å²) in [5.74, 6) is 0.591.